The molecule has 1 atom stereocenters. The molecule has 0 aliphatic carbocycles. The summed E-state index contributed by atoms with van der Waals surface area (Å²) < 4.78 is 15.0. The Bertz CT molecular complexity index is 1000. The standard InChI is InChI=1S/C22H22N2O7/c1-13-20(26)24(17-6-4-5-7-18(17)31-13)9-8-19(25)23-16-11-14(21(27)29-2)10-15(12-16)22(28)30-3/h4-7,10-13H,8-9H2,1-3H3,(H,23,25). The van der Waals surface area contributed by atoms with Crippen LogP contribution in [0.4, 0.5) is 11.4 Å². The third-order valence-electron chi connectivity index (χ3n) is 4.70. The van der Waals surface area contributed by atoms with Crippen LogP contribution in [-0.4, -0.2) is 50.6 Å². The van der Waals surface area contributed by atoms with Gasteiger partial charge in [-0.1, -0.05) is 12.1 Å². The van der Waals surface area contributed by atoms with Crippen molar-refractivity contribution in [2.24, 2.45) is 0 Å². The van der Waals surface area contributed by atoms with Gasteiger partial charge in [-0.25, -0.2) is 9.59 Å². The van der Waals surface area contributed by atoms with Crippen LogP contribution in [0, 0.1) is 0 Å². The van der Waals surface area contributed by atoms with Crippen molar-refractivity contribution in [1.82, 2.24) is 0 Å². The number of hydrogen-bond donors (Lipinski definition) is 1. The number of ether oxygens (including phenoxy) is 3. The van der Waals surface area contributed by atoms with Crippen LogP contribution in [0.15, 0.2) is 42.5 Å². The van der Waals surface area contributed by atoms with Crippen molar-refractivity contribution in [2.45, 2.75) is 19.4 Å². The van der Waals surface area contributed by atoms with Gasteiger partial charge in [0.15, 0.2) is 6.10 Å². The highest BCUT2D eigenvalue weighted by Crippen LogP contribution is 2.33. The fourth-order valence-corrected chi connectivity index (χ4v) is 3.20. The van der Waals surface area contributed by atoms with Gasteiger partial charge in [-0.2, -0.15) is 0 Å². The van der Waals surface area contributed by atoms with Crippen LogP contribution in [0.5, 0.6) is 5.75 Å². The number of benzene rings is 2. The number of para-hydroxylation sites is 2. The molecule has 0 saturated heterocycles. The maximum Gasteiger partial charge on any atom is 0.337 e. The van der Waals surface area contributed by atoms with Gasteiger partial charge in [-0.3, -0.25) is 9.59 Å². The van der Waals surface area contributed by atoms with Gasteiger partial charge in [-0.05, 0) is 37.3 Å². The number of esters is 2. The first kappa shape index (κ1) is 21.8. The highest BCUT2D eigenvalue weighted by Gasteiger charge is 2.31. The molecule has 9 nitrogen and oxygen atoms in total. The minimum atomic E-state index is -0.661. The van der Waals surface area contributed by atoms with Crippen LogP contribution in [0.25, 0.3) is 0 Å². The minimum absolute atomic E-state index is 0.0111. The highest BCUT2D eigenvalue weighted by molar-refractivity contribution is 6.02. The summed E-state index contributed by atoms with van der Waals surface area (Å²) >= 11 is 0. The van der Waals surface area contributed by atoms with Gasteiger partial charge in [0, 0.05) is 18.7 Å². The number of carbonyl (C=O) groups is 4. The SMILES string of the molecule is COC(=O)c1cc(NC(=O)CCN2C(=O)C(C)Oc3ccccc32)cc(C(=O)OC)c1. The lowest BCUT2D eigenvalue weighted by atomic mass is 10.1. The number of nitrogens with zero attached hydrogens (tertiary/aromatic N) is 1. The molecule has 1 N–H and O–H groups in total. The van der Waals surface area contributed by atoms with E-state index in [1.54, 1.807) is 31.2 Å². The highest BCUT2D eigenvalue weighted by atomic mass is 16.5. The summed E-state index contributed by atoms with van der Waals surface area (Å²) in [6.07, 6.45) is -0.666. The summed E-state index contributed by atoms with van der Waals surface area (Å²) in [5.74, 6) is -1.39. The lowest BCUT2D eigenvalue weighted by Gasteiger charge is -2.32. The van der Waals surface area contributed by atoms with E-state index in [2.05, 4.69) is 14.8 Å². The molecule has 2 aromatic rings. The number of amides is 2. The Balaban J connectivity index is 1.74. The zero-order chi connectivity index (χ0) is 22.5. The van der Waals surface area contributed by atoms with Crippen LogP contribution in [-0.2, 0) is 19.1 Å². The summed E-state index contributed by atoms with van der Waals surface area (Å²) in [6, 6.07) is 11.2. The molecule has 1 aliphatic rings. The van der Waals surface area contributed by atoms with Gasteiger partial charge in [-0.15, -0.1) is 0 Å². The lowest BCUT2D eigenvalue weighted by molar-refractivity contribution is -0.125. The van der Waals surface area contributed by atoms with Crippen molar-refractivity contribution in [3.05, 3.63) is 53.6 Å². The molecule has 1 unspecified atom stereocenters. The smallest absolute Gasteiger partial charge is 0.337 e. The molecule has 1 heterocycles. The summed E-state index contributed by atoms with van der Waals surface area (Å²) in [4.78, 5) is 50.4. The Hall–Kier alpha value is -3.88. The van der Waals surface area contributed by atoms with E-state index in [9.17, 15) is 19.2 Å². The van der Waals surface area contributed by atoms with E-state index in [1.165, 1.54) is 37.3 Å². The molecule has 3 rings (SSSR count). The van der Waals surface area contributed by atoms with E-state index in [1.807, 2.05) is 0 Å². The number of hydrogen-bond acceptors (Lipinski definition) is 7. The Kier molecular flexibility index (Phi) is 6.54. The van der Waals surface area contributed by atoms with E-state index in [0.717, 1.165) is 0 Å². The third kappa shape index (κ3) is 4.82. The van der Waals surface area contributed by atoms with E-state index in [-0.39, 0.29) is 35.7 Å². The first-order valence-electron chi connectivity index (χ1n) is 9.52. The van der Waals surface area contributed by atoms with Crippen LogP contribution in [0.2, 0.25) is 0 Å². The average Bonchev–Trinajstić information content (AvgIpc) is 2.78. The number of nitrogens with one attached hydrogen (secondary N) is 1. The van der Waals surface area contributed by atoms with Crippen molar-refractivity contribution in [3.63, 3.8) is 0 Å². The molecule has 0 spiro atoms. The Morgan fingerprint density at radius 3 is 2.26 bits per heavy atom. The van der Waals surface area contributed by atoms with Gasteiger partial charge >= 0.3 is 11.9 Å². The fourth-order valence-electron chi connectivity index (χ4n) is 3.20. The van der Waals surface area contributed by atoms with Gasteiger partial charge in [0.2, 0.25) is 5.91 Å². The zero-order valence-corrected chi connectivity index (χ0v) is 17.3. The van der Waals surface area contributed by atoms with E-state index < -0.39 is 23.9 Å². The Morgan fingerprint density at radius 1 is 1.03 bits per heavy atom. The number of anilines is 2. The van der Waals surface area contributed by atoms with Crippen molar-refractivity contribution < 1.29 is 33.4 Å². The largest absolute Gasteiger partial charge is 0.479 e. The number of carbonyl (C=O) groups excluding carboxylic acids is 4. The second kappa shape index (κ2) is 9.29. The third-order valence-corrected chi connectivity index (χ3v) is 4.70. The molecule has 0 radical (unpaired) electrons. The van der Waals surface area contributed by atoms with Gasteiger partial charge in [0.1, 0.15) is 5.75 Å². The molecule has 162 valence electrons. The van der Waals surface area contributed by atoms with Crippen molar-refractivity contribution in [2.75, 3.05) is 31.0 Å². The molecular weight excluding hydrogens is 404 g/mol. The predicted octanol–water partition coefficient (Wildman–Crippen LogP) is 2.40. The van der Waals surface area contributed by atoms with Crippen LogP contribution in [0.1, 0.15) is 34.1 Å². The van der Waals surface area contributed by atoms with Gasteiger partial charge in [0.25, 0.3) is 5.91 Å². The predicted molar refractivity (Wildman–Crippen MR) is 111 cm³/mol. The topological polar surface area (TPSA) is 111 Å². The van der Waals surface area contributed by atoms with Crippen molar-refractivity contribution >= 4 is 35.1 Å². The molecular formula is C22H22N2O7. The minimum Gasteiger partial charge on any atom is -0.479 e. The monoisotopic (exact) mass is 426 g/mol. The van der Waals surface area contributed by atoms with E-state index >= 15 is 0 Å². The maximum atomic E-state index is 12.5. The first-order chi connectivity index (χ1) is 14.8. The Morgan fingerprint density at radius 2 is 1.65 bits per heavy atom. The summed E-state index contributed by atoms with van der Waals surface area (Å²) in [5.41, 5.74) is 1.01. The number of fused-ring (bicyclic) bond motifs is 1. The summed E-state index contributed by atoms with van der Waals surface area (Å²) in [7, 11) is 2.42. The maximum absolute atomic E-state index is 12.5. The van der Waals surface area contributed by atoms with Crippen LogP contribution < -0.4 is 15.0 Å². The summed E-state index contributed by atoms with van der Waals surface area (Å²) in [6.45, 7) is 1.79. The molecule has 0 saturated carbocycles. The molecule has 9 heteroatoms. The normalized spacial score (nSPS) is 14.9. The molecule has 0 fully saturated rings. The van der Waals surface area contributed by atoms with Crippen LogP contribution >= 0.6 is 0 Å². The van der Waals surface area contributed by atoms with Crippen LogP contribution in [0.3, 0.4) is 0 Å². The molecule has 0 bridgehead atoms. The zero-order valence-electron chi connectivity index (χ0n) is 17.3. The lowest BCUT2D eigenvalue weighted by Crippen LogP contribution is -2.45. The molecule has 1 aliphatic heterocycles. The van der Waals surface area contributed by atoms with Crippen molar-refractivity contribution in [3.8, 4) is 5.75 Å². The van der Waals surface area contributed by atoms with E-state index in [4.69, 9.17) is 4.74 Å². The first-order valence-corrected chi connectivity index (χ1v) is 9.52. The molecule has 0 aromatic heterocycles. The summed E-state index contributed by atoms with van der Waals surface area (Å²) in [5, 5.41) is 2.65. The number of methoxy groups -OCH3 is 2. The van der Waals surface area contributed by atoms with Crippen molar-refractivity contribution in [1.29, 1.82) is 0 Å². The molecule has 2 amide bonds. The second-order valence-corrected chi connectivity index (χ2v) is 6.80. The second-order valence-electron chi connectivity index (χ2n) is 6.80. The molecule has 2 aromatic carbocycles. The quantitative estimate of drug-likeness (QED) is 0.706. The average molecular weight is 426 g/mol. The van der Waals surface area contributed by atoms with Gasteiger partial charge < -0.3 is 24.4 Å². The fraction of sp³-hybridized carbons (Fsp3) is 0.273. The van der Waals surface area contributed by atoms with Gasteiger partial charge in [0.05, 0.1) is 31.0 Å². The molecule has 31 heavy (non-hydrogen) atoms. The van der Waals surface area contributed by atoms with E-state index in [0.29, 0.717) is 11.4 Å². The Labute approximate surface area is 178 Å². The number of rotatable bonds is 6.